The van der Waals surface area contributed by atoms with Crippen LogP contribution in [-0.2, 0) is 4.74 Å². The molecule has 0 aromatic carbocycles. The smallest absolute Gasteiger partial charge is 0.0711 e. The lowest BCUT2D eigenvalue weighted by Gasteiger charge is -2.36. The number of rotatable bonds is 1. The summed E-state index contributed by atoms with van der Waals surface area (Å²) in [5.41, 5.74) is 0.0894. The molecule has 2 saturated heterocycles. The van der Waals surface area contributed by atoms with Crippen molar-refractivity contribution >= 4 is 0 Å². The number of aliphatic hydroxyl groups is 1. The highest BCUT2D eigenvalue weighted by atomic mass is 16.5. The Bertz CT molecular complexity index is 202. The minimum absolute atomic E-state index is 0.0855. The van der Waals surface area contributed by atoms with Crippen LogP contribution in [0.15, 0.2) is 0 Å². The lowest BCUT2D eigenvalue weighted by Crippen LogP contribution is -2.37. The number of aliphatic hydroxyl groups excluding tert-OH is 1. The Morgan fingerprint density at radius 2 is 1.86 bits per heavy atom. The first-order valence-electron chi connectivity index (χ1n) is 5.98. The topological polar surface area (TPSA) is 29.5 Å². The van der Waals surface area contributed by atoms with E-state index in [0.717, 1.165) is 25.7 Å². The fraction of sp³-hybridized carbons (Fsp3) is 1.00. The molecule has 0 aromatic heterocycles. The molecule has 2 rings (SSSR count). The van der Waals surface area contributed by atoms with E-state index < -0.39 is 0 Å². The maximum atomic E-state index is 9.72. The second kappa shape index (κ2) is 3.82. The van der Waals surface area contributed by atoms with Crippen molar-refractivity contribution in [1.29, 1.82) is 0 Å². The van der Waals surface area contributed by atoms with E-state index in [1.807, 2.05) is 0 Å². The summed E-state index contributed by atoms with van der Waals surface area (Å²) in [5.74, 6) is 0.581. The van der Waals surface area contributed by atoms with Gasteiger partial charge in [0.2, 0.25) is 0 Å². The zero-order valence-electron chi connectivity index (χ0n) is 9.33. The second-order valence-corrected chi connectivity index (χ2v) is 5.27. The van der Waals surface area contributed by atoms with Gasteiger partial charge in [-0.3, -0.25) is 0 Å². The van der Waals surface area contributed by atoms with Crippen molar-refractivity contribution in [2.45, 2.75) is 70.2 Å². The lowest BCUT2D eigenvalue weighted by atomic mass is 9.83. The Balaban J connectivity index is 2.10. The molecule has 1 N–H and O–H groups in total. The highest BCUT2D eigenvalue weighted by Crippen LogP contribution is 2.43. The van der Waals surface area contributed by atoms with Crippen molar-refractivity contribution in [2.24, 2.45) is 5.92 Å². The molecule has 3 atom stereocenters. The first kappa shape index (κ1) is 10.4. The summed E-state index contributed by atoms with van der Waals surface area (Å²) in [6.45, 7) is 4.49. The largest absolute Gasteiger partial charge is 0.393 e. The minimum Gasteiger partial charge on any atom is -0.393 e. The molecule has 0 aliphatic carbocycles. The zero-order valence-corrected chi connectivity index (χ0v) is 9.33. The molecule has 2 fully saturated rings. The molecule has 0 aromatic rings. The van der Waals surface area contributed by atoms with E-state index in [0.29, 0.717) is 12.0 Å². The normalized spacial score (nSPS) is 43.7. The van der Waals surface area contributed by atoms with Crippen LogP contribution >= 0.6 is 0 Å². The third kappa shape index (κ3) is 1.82. The Kier molecular flexibility index (Phi) is 2.85. The van der Waals surface area contributed by atoms with Gasteiger partial charge in [0.05, 0.1) is 17.8 Å². The van der Waals surface area contributed by atoms with Crippen LogP contribution < -0.4 is 0 Å². The van der Waals surface area contributed by atoms with Gasteiger partial charge in [-0.2, -0.15) is 0 Å². The monoisotopic (exact) mass is 198 g/mol. The molecule has 2 nitrogen and oxygen atoms in total. The van der Waals surface area contributed by atoms with E-state index in [2.05, 4.69) is 13.8 Å². The van der Waals surface area contributed by atoms with E-state index in [1.54, 1.807) is 0 Å². The quantitative estimate of drug-likeness (QED) is 0.701. The van der Waals surface area contributed by atoms with Crippen molar-refractivity contribution in [3.8, 4) is 0 Å². The number of ether oxygens (including phenoxy) is 1. The summed E-state index contributed by atoms with van der Waals surface area (Å²) >= 11 is 0. The van der Waals surface area contributed by atoms with Crippen molar-refractivity contribution in [3.05, 3.63) is 0 Å². The van der Waals surface area contributed by atoms with E-state index in [9.17, 15) is 5.11 Å². The van der Waals surface area contributed by atoms with Gasteiger partial charge in [0, 0.05) is 0 Å². The molecule has 2 aliphatic rings. The van der Waals surface area contributed by atoms with Crippen LogP contribution in [0.2, 0.25) is 0 Å². The summed E-state index contributed by atoms with van der Waals surface area (Å²) in [6.07, 6.45) is 6.68. The molecule has 2 aliphatic heterocycles. The van der Waals surface area contributed by atoms with Gasteiger partial charge in [0.25, 0.3) is 0 Å². The predicted octanol–water partition coefficient (Wildman–Crippen LogP) is 2.50. The molecule has 2 heterocycles. The van der Waals surface area contributed by atoms with Crippen LogP contribution in [0.5, 0.6) is 0 Å². The van der Waals surface area contributed by atoms with E-state index in [-0.39, 0.29) is 11.7 Å². The third-order valence-corrected chi connectivity index (χ3v) is 4.07. The number of hydrogen-bond donors (Lipinski definition) is 1. The average Bonchev–Trinajstić information content (AvgIpc) is 2.56. The molecule has 3 unspecified atom stereocenters. The van der Waals surface area contributed by atoms with Gasteiger partial charge < -0.3 is 9.84 Å². The number of hydrogen-bond acceptors (Lipinski definition) is 2. The van der Waals surface area contributed by atoms with E-state index >= 15 is 0 Å². The van der Waals surface area contributed by atoms with Gasteiger partial charge in [-0.1, -0.05) is 13.8 Å². The van der Waals surface area contributed by atoms with E-state index in [1.165, 1.54) is 12.8 Å². The fourth-order valence-corrected chi connectivity index (χ4v) is 2.89. The first-order valence-corrected chi connectivity index (χ1v) is 5.98. The molecular formula is C12H22O2. The van der Waals surface area contributed by atoms with Gasteiger partial charge in [0.15, 0.2) is 0 Å². The van der Waals surface area contributed by atoms with Gasteiger partial charge in [-0.05, 0) is 44.4 Å². The van der Waals surface area contributed by atoms with Crippen molar-refractivity contribution in [3.63, 3.8) is 0 Å². The third-order valence-electron chi connectivity index (χ3n) is 4.07. The molecule has 0 saturated carbocycles. The number of fused-ring (bicyclic) bond motifs is 2. The van der Waals surface area contributed by atoms with Crippen LogP contribution in [0.3, 0.4) is 0 Å². The second-order valence-electron chi connectivity index (χ2n) is 5.27. The molecular weight excluding hydrogens is 176 g/mol. The minimum atomic E-state index is -0.0855. The summed E-state index contributed by atoms with van der Waals surface area (Å²) < 4.78 is 6.19. The van der Waals surface area contributed by atoms with Crippen LogP contribution in [-0.4, -0.2) is 22.9 Å². The van der Waals surface area contributed by atoms with Crippen LogP contribution in [0.25, 0.3) is 0 Å². The molecule has 82 valence electrons. The van der Waals surface area contributed by atoms with Crippen molar-refractivity contribution in [2.75, 3.05) is 0 Å². The van der Waals surface area contributed by atoms with Crippen molar-refractivity contribution < 1.29 is 9.84 Å². The predicted molar refractivity (Wildman–Crippen MR) is 56.2 cm³/mol. The summed E-state index contributed by atoms with van der Waals surface area (Å²) in [6, 6.07) is 0. The van der Waals surface area contributed by atoms with Gasteiger partial charge in [-0.25, -0.2) is 0 Å². The Morgan fingerprint density at radius 1 is 1.14 bits per heavy atom. The zero-order chi connectivity index (χ0) is 10.2. The lowest BCUT2D eigenvalue weighted by molar-refractivity contribution is -0.0970. The Hall–Kier alpha value is -0.0800. The molecule has 0 amide bonds. The first-order chi connectivity index (χ1) is 6.62. The highest BCUT2D eigenvalue weighted by Gasteiger charge is 2.43. The molecule has 2 bridgehead atoms. The highest BCUT2D eigenvalue weighted by molar-refractivity contribution is 4.93. The average molecular weight is 198 g/mol. The summed E-state index contributed by atoms with van der Waals surface area (Å²) in [5, 5.41) is 9.72. The molecule has 0 spiro atoms. The summed E-state index contributed by atoms with van der Waals surface area (Å²) in [7, 11) is 0. The maximum absolute atomic E-state index is 9.72. The van der Waals surface area contributed by atoms with E-state index in [4.69, 9.17) is 4.74 Å². The molecule has 2 heteroatoms. The Morgan fingerprint density at radius 3 is 2.57 bits per heavy atom. The Labute approximate surface area is 86.6 Å². The standard InChI is InChI=1S/C12H22O2/c1-9(2)12-7-5-10(13)3-4-11(14-12)6-8-12/h9-11,13H,3-8H2,1-2H3. The van der Waals surface area contributed by atoms with Crippen LogP contribution in [0.4, 0.5) is 0 Å². The molecule has 0 radical (unpaired) electrons. The summed E-state index contributed by atoms with van der Waals surface area (Å²) in [4.78, 5) is 0. The fourth-order valence-electron chi connectivity index (χ4n) is 2.89. The van der Waals surface area contributed by atoms with Crippen LogP contribution in [0.1, 0.15) is 52.4 Å². The van der Waals surface area contributed by atoms with Crippen molar-refractivity contribution in [1.82, 2.24) is 0 Å². The van der Waals surface area contributed by atoms with Crippen LogP contribution in [0, 0.1) is 5.92 Å². The van der Waals surface area contributed by atoms with Gasteiger partial charge >= 0.3 is 0 Å². The maximum Gasteiger partial charge on any atom is 0.0711 e. The van der Waals surface area contributed by atoms with Gasteiger partial charge in [-0.15, -0.1) is 0 Å². The SMILES string of the molecule is CC(C)C12CCC(O)CCC(CC1)O2. The molecule has 14 heavy (non-hydrogen) atoms. The van der Waals surface area contributed by atoms with Gasteiger partial charge in [0.1, 0.15) is 0 Å².